The monoisotopic (exact) mass is 357 g/mol. The standard InChI is InChI=1S/C20H24ClN3O/c1-14-10-15(2)12-18(11-14)22-20(25)24-8-6-23(7-9-24)19-5-4-17(21)13-16(19)3/h4-5,10-13H,6-9H2,1-3H3,(H,22,25). The van der Waals surface area contributed by atoms with Gasteiger partial charge in [0.2, 0.25) is 0 Å². The van der Waals surface area contributed by atoms with Gasteiger partial charge in [0.25, 0.3) is 0 Å². The Bertz CT molecular complexity index is 762. The number of hydrogen-bond acceptors (Lipinski definition) is 2. The summed E-state index contributed by atoms with van der Waals surface area (Å²) in [7, 11) is 0. The molecule has 1 N–H and O–H groups in total. The smallest absolute Gasteiger partial charge is 0.321 e. The number of nitrogens with one attached hydrogen (secondary N) is 1. The number of urea groups is 1. The van der Waals surface area contributed by atoms with Crippen LogP contribution in [0.25, 0.3) is 0 Å². The van der Waals surface area contributed by atoms with Gasteiger partial charge in [-0.1, -0.05) is 17.7 Å². The Hall–Kier alpha value is -2.20. The van der Waals surface area contributed by atoms with Crippen molar-refractivity contribution >= 4 is 29.0 Å². The number of halogens is 1. The van der Waals surface area contributed by atoms with Crippen molar-refractivity contribution in [1.82, 2.24) is 4.90 Å². The van der Waals surface area contributed by atoms with Gasteiger partial charge >= 0.3 is 6.03 Å². The van der Waals surface area contributed by atoms with Crippen LogP contribution in [-0.2, 0) is 0 Å². The average molecular weight is 358 g/mol. The summed E-state index contributed by atoms with van der Waals surface area (Å²) < 4.78 is 0. The van der Waals surface area contributed by atoms with Gasteiger partial charge in [-0.25, -0.2) is 4.79 Å². The molecule has 0 atom stereocenters. The molecule has 4 nitrogen and oxygen atoms in total. The molecule has 1 saturated heterocycles. The van der Waals surface area contributed by atoms with E-state index in [9.17, 15) is 4.79 Å². The van der Waals surface area contributed by atoms with Gasteiger partial charge in [-0.3, -0.25) is 0 Å². The summed E-state index contributed by atoms with van der Waals surface area (Å²) in [5.41, 5.74) is 5.52. The van der Waals surface area contributed by atoms with Crippen LogP contribution < -0.4 is 10.2 Å². The summed E-state index contributed by atoms with van der Waals surface area (Å²) in [5.74, 6) is 0. The molecule has 1 fully saturated rings. The molecule has 1 heterocycles. The van der Waals surface area contributed by atoms with E-state index in [0.717, 1.165) is 34.9 Å². The number of piperazine rings is 1. The number of amides is 2. The summed E-state index contributed by atoms with van der Waals surface area (Å²) in [6.45, 7) is 9.20. The molecule has 3 rings (SSSR count). The Labute approximate surface area is 154 Å². The molecule has 0 aromatic heterocycles. The van der Waals surface area contributed by atoms with Crippen molar-refractivity contribution in [3.8, 4) is 0 Å². The maximum absolute atomic E-state index is 12.5. The zero-order valence-electron chi connectivity index (χ0n) is 15.0. The van der Waals surface area contributed by atoms with Crippen molar-refractivity contribution < 1.29 is 4.79 Å². The van der Waals surface area contributed by atoms with Crippen LogP contribution in [0.1, 0.15) is 16.7 Å². The van der Waals surface area contributed by atoms with Gasteiger partial charge < -0.3 is 15.1 Å². The molecular weight excluding hydrogens is 334 g/mol. The van der Waals surface area contributed by atoms with Crippen molar-refractivity contribution in [2.24, 2.45) is 0 Å². The Morgan fingerprint density at radius 2 is 1.60 bits per heavy atom. The van der Waals surface area contributed by atoms with E-state index in [0.29, 0.717) is 13.1 Å². The fourth-order valence-corrected chi connectivity index (χ4v) is 3.60. The van der Waals surface area contributed by atoms with Gasteiger partial charge in [0, 0.05) is 42.6 Å². The van der Waals surface area contributed by atoms with Crippen LogP contribution in [0.15, 0.2) is 36.4 Å². The quantitative estimate of drug-likeness (QED) is 0.851. The number of carbonyl (C=O) groups excluding carboxylic acids is 1. The maximum Gasteiger partial charge on any atom is 0.321 e. The fourth-order valence-electron chi connectivity index (χ4n) is 3.37. The van der Waals surface area contributed by atoms with Crippen LogP contribution in [0.5, 0.6) is 0 Å². The minimum Gasteiger partial charge on any atom is -0.368 e. The number of rotatable bonds is 2. The van der Waals surface area contributed by atoms with Crippen LogP contribution >= 0.6 is 11.6 Å². The number of carbonyl (C=O) groups is 1. The normalized spacial score (nSPS) is 14.6. The molecule has 0 unspecified atom stereocenters. The second-order valence-corrected chi connectivity index (χ2v) is 7.15. The van der Waals surface area contributed by atoms with Gasteiger partial charge in [0.15, 0.2) is 0 Å². The summed E-state index contributed by atoms with van der Waals surface area (Å²) >= 11 is 6.04. The number of anilines is 2. The van der Waals surface area contributed by atoms with E-state index in [-0.39, 0.29) is 6.03 Å². The zero-order valence-corrected chi connectivity index (χ0v) is 15.7. The number of nitrogens with zero attached hydrogens (tertiary/aromatic N) is 2. The first-order chi connectivity index (χ1) is 11.9. The Balaban J connectivity index is 1.60. The van der Waals surface area contributed by atoms with Crippen molar-refractivity contribution in [3.63, 3.8) is 0 Å². The lowest BCUT2D eigenvalue weighted by molar-refractivity contribution is 0.208. The Morgan fingerprint density at radius 1 is 0.960 bits per heavy atom. The van der Waals surface area contributed by atoms with Gasteiger partial charge in [0.1, 0.15) is 0 Å². The van der Waals surface area contributed by atoms with Crippen LogP contribution in [0.2, 0.25) is 5.02 Å². The van der Waals surface area contributed by atoms with E-state index in [1.165, 1.54) is 11.3 Å². The topological polar surface area (TPSA) is 35.6 Å². The largest absolute Gasteiger partial charge is 0.368 e. The van der Waals surface area contributed by atoms with E-state index < -0.39 is 0 Å². The summed E-state index contributed by atoms with van der Waals surface area (Å²) in [6, 6.07) is 12.0. The first-order valence-electron chi connectivity index (χ1n) is 8.58. The molecule has 2 aromatic rings. The number of aryl methyl sites for hydroxylation is 3. The van der Waals surface area contributed by atoms with Crippen LogP contribution in [0.4, 0.5) is 16.2 Å². The Kier molecular flexibility index (Phi) is 5.19. The number of benzene rings is 2. The summed E-state index contributed by atoms with van der Waals surface area (Å²) in [4.78, 5) is 16.7. The minimum atomic E-state index is -0.0301. The first kappa shape index (κ1) is 17.6. The van der Waals surface area contributed by atoms with Gasteiger partial charge in [-0.15, -0.1) is 0 Å². The first-order valence-corrected chi connectivity index (χ1v) is 8.95. The highest BCUT2D eigenvalue weighted by molar-refractivity contribution is 6.30. The molecule has 0 spiro atoms. The molecule has 0 radical (unpaired) electrons. The molecule has 25 heavy (non-hydrogen) atoms. The highest BCUT2D eigenvalue weighted by atomic mass is 35.5. The third-order valence-corrected chi connectivity index (χ3v) is 4.77. The highest BCUT2D eigenvalue weighted by Gasteiger charge is 2.22. The second-order valence-electron chi connectivity index (χ2n) is 6.71. The van der Waals surface area contributed by atoms with Gasteiger partial charge in [-0.05, 0) is 67.8 Å². The minimum absolute atomic E-state index is 0.0301. The predicted molar refractivity (Wildman–Crippen MR) is 105 cm³/mol. The summed E-state index contributed by atoms with van der Waals surface area (Å²) in [6.07, 6.45) is 0. The van der Waals surface area contributed by atoms with Crippen molar-refractivity contribution in [2.75, 3.05) is 36.4 Å². The highest BCUT2D eigenvalue weighted by Crippen LogP contribution is 2.25. The lowest BCUT2D eigenvalue weighted by Crippen LogP contribution is -2.50. The average Bonchev–Trinajstić information content (AvgIpc) is 2.54. The maximum atomic E-state index is 12.5. The number of hydrogen-bond donors (Lipinski definition) is 1. The molecule has 1 aliphatic rings. The van der Waals surface area contributed by atoms with Crippen molar-refractivity contribution in [2.45, 2.75) is 20.8 Å². The lowest BCUT2D eigenvalue weighted by Gasteiger charge is -2.36. The molecule has 0 bridgehead atoms. The van der Waals surface area contributed by atoms with Crippen LogP contribution in [0, 0.1) is 20.8 Å². The fraction of sp³-hybridized carbons (Fsp3) is 0.350. The molecule has 0 aliphatic carbocycles. The third-order valence-electron chi connectivity index (χ3n) is 4.54. The van der Waals surface area contributed by atoms with Crippen LogP contribution in [0.3, 0.4) is 0 Å². The van der Waals surface area contributed by atoms with E-state index in [1.54, 1.807) is 0 Å². The van der Waals surface area contributed by atoms with E-state index >= 15 is 0 Å². The van der Waals surface area contributed by atoms with Crippen LogP contribution in [-0.4, -0.2) is 37.1 Å². The molecule has 5 heteroatoms. The predicted octanol–water partition coefficient (Wildman–Crippen LogP) is 4.62. The molecule has 1 aliphatic heterocycles. The zero-order chi connectivity index (χ0) is 18.0. The second kappa shape index (κ2) is 7.36. The van der Waals surface area contributed by atoms with Gasteiger partial charge in [-0.2, -0.15) is 0 Å². The van der Waals surface area contributed by atoms with E-state index in [4.69, 9.17) is 11.6 Å². The SMILES string of the molecule is Cc1cc(C)cc(NC(=O)N2CCN(c3ccc(Cl)cc3C)CC2)c1. The molecule has 2 aromatic carbocycles. The lowest BCUT2D eigenvalue weighted by atomic mass is 10.1. The van der Waals surface area contributed by atoms with Crippen molar-refractivity contribution in [1.29, 1.82) is 0 Å². The molecule has 2 amide bonds. The third kappa shape index (κ3) is 4.26. The summed E-state index contributed by atoms with van der Waals surface area (Å²) in [5, 5.41) is 3.77. The van der Waals surface area contributed by atoms with E-state index in [1.807, 2.05) is 43.0 Å². The molecule has 0 saturated carbocycles. The molecule has 132 valence electrons. The Morgan fingerprint density at radius 3 is 2.20 bits per heavy atom. The van der Waals surface area contributed by atoms with Gasteiger partial charge in [0.05, 0.1) is 0 Å². The van der Waals surface area contributed by atoms with Crippen molar-refractivity contribution in [3.05, 3.63) is 58.1 Å². The molecular formula is C20H24ClN3O. The van der Waals surface area contributed by atoms with E-state index in [2.05, 4.69) is 29.3 Å².